The molecule has 0 aliphatic rings. The van der Waals surface area contributed by atoms with Gasteiger partial charge in [-0.25, -0.2) is 0 Å². The van der Waals surface area contributed by atoms with E-state index in [0.29, 0.717) is 19.3 Å². The highest BCUT2D eigenvalue weighted by molar-refractivity contribution is 5.71. The van der Waals surface area contributed by atoms with Crippen LogP contribution in [0.1, 0.15) is 265 Å². The Labute approximate surface area is 414 Å². The van der Waals surface area contributed by atoms with E-state index in [1.165, 1.54) is 154 Å². The predicted molar refractivity (Wildman–Crippen MR) is 288 cm³/mol. The van der Waals surface area contributed by atoms with Crippen molar-refractivity contribution in [2.24, 2.45) is 0 Å². The molecule has 0 aromatic heterocycles. The summed E-state index contributed by atoms with van der Waals surface area (Å²) >= 11 is 0. The van der Waals surface area contributed by atoms with Crippen molar-refractivity contribution in [1.82, 2.24) is 0 Å². The van der Waals surface area contributed by atoms with Gasteiger partial charge in [-0.1, -0.05) is 266 Å². The highest BCUT2D eigenvalue weighted by Crippen LogP contribution is 2.16. The van der Waals surface area contributed by atoms with E-state index in [4.69, 9.17) is 14.2 Å². The summed E-state index contributed by atoms with van der Waals surface area (Å²) in [6.07, 6.45) is 71.5. The number of carbonyl (C=O) groups excluding carboxylic acids is 3. The monoisotopic (exact) mass is 933 g/mol. The summed E-state index contributed by atoms with van der Waals surface area (Å²) in [6.45, 7) is 6.42. The molecule has 1 atom stereocenters. The smallest absolute Gasteiger partial charge is 0.306 e. The first-order chi connectivity index (χ1) is 33.0. The molecule has 67 heavy (non-hydrogen) atoms. The molecule has 0 heterocycles. The van der Waals surface area contributed by atoms with Crippen molar-refractivity contribution in [1.29, 1.82) is 0 Å². The second-order valence-corrected chi connectivity index (χ2v) is 18.6. The third-order valence-electron chi connectivity index (χ3n) is 12.0. The van der Waals surface area contributed by atoms with E-state index in [-0.39, 0.29) is 37.5 Å². The number of ether oxygens (including phenoxy) is 3. The van der Waals surface area contributed by atoms with Gasteiger partial charge in [0.1, 0.15) is 13.2 Å². The van der Waals surface area contributed by atoms with Crippen LogP contribution in [-0.4, -0.2) is 37.2 Å². The number of esters is 3. The highest BCUT2D eigenvalue weighted by Gasteiger charge is 2.19. The Morgan fingerprint density at radius 2 is 0.657 bits per heavy atom. The van der Waals surface area contributed by atoms with Crippen LogP contribution in [0.15, 0.2) is 85.1 Å². The number of hydrogen-bond acceptors (Lipinski definition) is 6. The molecule has 384 valence electrons. The maximum atomic E-state index is 12.8. The second kappa shape index (κ2) is 55.2. The fourth-order valence-electron chi connectivity index (χ4n) is 7.80. The summed E-state index contributed by atoms with van der Waals surface area (Å²) in [5, 5.41) is 0. The zero-order valence-corrected chi connectivity index (χ0v) is 43.9. The van der Waals surface area contributed by atoms with Crippen LogP contribution in [0.5, 0.6) is 0 Å². The Kier molecular flexibility index (Phi) is 52.4. The third-order valence-corrected chi connectivity index (χ3v) is 12.0. The summed E-state index contributed by atoms with van der Waals surface area (Å²) in [4.78, 5) is 38.1. The average Bonchev–Trinajstić information content (AvgIpc) is 3.33. The van der Waals surface area contributed by atoms with Gasteiger partial charge < -0.3 is 14.2 Å². The Morgan fingerprint density at radius 3 is 1.10 bits per heavy atom. The van der Waals surface area contributed by atoms with Crippen LogP contribution >= 0.6 is 0 Å². The van der Waals surface area contributed by atoms with E-state index >= 15 is 0 Å². The van der Waals surface area contributed by atoms with Crippen LogP contribution in [0.25, 0.3) is 0 Å². The zero-order valence-electron chi connectivity index (χ0n) is 43.9. The number of rotatable bonds is 50. The number of unbranched alkanes of at least 4 members (excludes halogenated alkanes) is 29. The van der Waals surface area contributed by atoms with E-state index in [2.05, 4.69) is 51.2 Å². The van der Waals surface area contributed by atoms with Crippen molar-refractivity contribution in [2.75, 3.05) is 13.2 Å². The molecule has 0 aliphatic heterocycles. The van der Waals surface area contributed by atoms with E-state index in [1.807, 2.05) is 54.7 Å². The molecule has 6 nitrogen and oxygen atoms in total. The van der Waals surface area contributed by atoms with Crippen molar-refractivity contribution in [3.05, 3.63) is 85.1 Å². The molecule has 0 rings (SSSR count). The van der Waals surface area contributed by atoms with E-state index in [9.17, 15) is 14.4 Å². The molecule has 0 N–H and O–H groups in total. The van der Waals surface area contributed by atoms with Gasteiger partial charge in [-0.05, 0) is 64.2 Å². The van der Waals surface area contributed by atoms with E-state index in [0.717, 1.165) is 64.2 Å². The molecule has 1 unspecified atom stereocenters. The molecule has 0 radical (unpaired) electrons. The molecule has 6 heteroatoms. The quantitative estimate of drug-likeness (QED) is 0.0199. The molecule has 0 aliphatic carbocycles. The Bertz CT molecular complexity index is 1300. The Balaban J connectivity index is 4.42. The highest BCUT2D eigenvalue weighted by atomic mass is 16.6. The average molecular weight is 933 g/mol. The minimum atomic E-state index is -0.808. The molecule has 0 saturated heterocycles. The van der Waals surface area contributed by atoms with Gasteiger partial charge in [-0.3, -0.25) is 14.4 Å². The largest absolute Gasteiger partial charge is 0.462 e. The van der Waals surface area contributed by atoms with Gasteiger partial charge in [0.05, 0.1) is 0 Å². The predicted octanol–water partition coefficient (Wildman–Crippen LogP) is 18.8. The molecule has 0 fully saturated rings. The van der Waals surface area contributed by atoms with Crippen molar-refractivity contribution < 1.29 is 28.6 Å². The first kappa shape index (κ1) is 63.6. The first-order valence-corrected chi connectivity index (χ1v) is 28.2. The van der Waals surface area contributed by atoms with Gasteiger partial charge in [0.2, 0.25) is 0 Å². The lowest BCUT2D eigenvalue weighted by molar-refractivity contribution is -0.167. The fourth-order valence-corrected chi connectivity index (χ4v) is 7.80. The lowest BCUT2D eigenvalue weighted by Gasteiger charge is -2.18. The standard InChI is InChI=1S/C61H104O6/c1-4-7-10-13-16-19-22-25-27-29-30-32-33-36-39-42-45-48-51-54-60(63)66-57-58(56-65-59(62)53-50-47-44-41-38-35-24-21-18-15-12-9-6-3)67-61(64)55-52-49-46-43-40-37-34-31-28-26-23-20-17-14-11-8-5-2/h9,12,15,17-18,20-21,24,26,28,35,38,41,44,58H,4-8,10-11,13-14,16,19,22-23,25,27,29-34,36-37,39-40,42-43,45-57H2,1-3H3/b12-9-,18-15-,20-17-,24-21-,28-26-,38-35-,44-41-. The van der Waals surface area contributed by atoms with Crippen molar-refractivity contribution >= 4 is 17.9 Å². The van der Waals surface area contributed by atoms with Crippen LogP contribution in [0.3, 0.4) is 0 Å². The summed E-state index contributed by atoms with van der Waals surface area (Å²) in [6, 6.07) is 0. The summed E-state index contributed by atoms with van der Waals surface area (Å²) in [7, 11) is 0. The SMILES string of the molecule is CC\C=C/C=C\C=C/C=C\C=C/CCCC(=O)OCC(COC(=O)CCCCCCCCCCCCCCCCCCCCC)OC(=O)CCCCCCCCC/C=C\C/C=C\CCCCC. The van der Waals surface area contributed by atoms with Crippen LogP contribution in [-0.2, 0) is 28.6 Å². The lowest BCUT2D eigenvalue weighted by Crippen LogP contribution is -2.30. The normalized spacial score (nSPS) is 12.7. The number of carbonyl (C=O) groups is 3. The molecule has 0 spiro atoms. The van der Waals surface area contributed by atoms with Crippen molar-refractivity contribution in [3.8, 4) is 0 Å². The molecule has 0 bridgehead atoms. The Hall–Kier alpha value is -3.41. The van der Waals surface area contributed by atoms with Crippen LogP contribution < -0.4 is 0 Å². The van der Waals surface area contributed by atoms with Gasteiger partial charge in [-0.15, -0.1) is 0 Å². The molecule has 0 amide bonds. The minimum absolute atomic E-state index is 0.101. The molecular weight excluding hydrogens is 829 g/mol. The third kappa shape index (κ3) is 53.4. The fraction of sp³-hybridized carbons (Fsp3) is 0.721. The van der Waals surface area contributed by atoms with Gasteiger partial charge in [0.15, 0.2) is 6.10 Å². The van der Waals surface area contributed by atoms with Gasteiger partial charge in [0.25, 0.3) is 0 Å². The topological polar surface area (TPSA) is 78.9 Å². The molecule has 0 saturated carbocycles. The minimum Gasteiger partial charge on any atom is -0.462 e. The molecular formula is C61H104O6. The van der Waals surface area contributed by atoms with E-state index in [1.54, 1.807) is 0 Å². The van der Waals surface area contributed by atoms with Crippen molar-refractivity contribution in [3.63, 3.8) is 0 Å². The van der Waals surface area contributed by atoms with Crippen LogP contribution in [0.4, 0.5) is 0 Å². The lowest BCUT2D eigenvalue weighted by atomic mass is 10.0. The van der Waals surface area contributed by atoms with Crippen LogP contribution in [0, 0.1) is 0 Å². The maximum absolute atomic E-state index is 12.8. The van der Waals surface area contributed by atoms with Gasteiger partial charge >= 0.3 is 17.9 Å². The van der Waals surface area contributed by atoms with Crippen LogP contribution in [0.2, 0.25) is 0 Å². The second-order valence-electron chi connectivity index (χ2n) is 18.6. The summed E-state index contributed by atoms with van der Waals surface area (Å²) in [5.41, 5.74) is 0. The molecule has 0 aromatic rings. The van der Waals surface area contributed by atoms with Gasteiger partial charge in [0, 0.05) is 19.3 Å². The summed E-state index contributed by atoms with van der Waals surface area (Å²) < 4.78 is 16.8. The molecule has 0 aromatic carbocycles. The van der Waals surface area contributed by atoms with Crippen molar-refractivity contribution in [2.45, 2.75) is 271 Å². The maximum Gasteiger partial charge on any atom is 0.306 e. The number of hydrogen-bond donors (Lipinski definition) is 0. The van der Waals surface area contributed by atoms with E-state index < -0.39 is 6.10 Å². The summed E-state index contributed by atoms with van der Waals surface area (Å²) in [5.74, 6) is -0.980. The zero-order chi connectivity index (χ0) is 48.6. The Morgan fingerprint density at radius 1 is 0.328 bits per heavy atom. The first-order valence-electron chi connectivity index (χ1n) is 28.2. The number of allylic oxidation sites excluding steroid dienone is 14. The van der Waals surface area contributed by atoms with Gasteiger partial charge in [-0.2, -0.15) is 0 Å².